The summed E-state index contributed by atoms with van der Waals surface area (Å²) in [5, 5.41) is 0. The zero-order valence-electron chi connectivity index (χ0n) is 13.9. The van der Waals surface area contributed by atoms with Crippen molar-refractivity contribution in [3.05, 3.63) is 23.9 Å². The topological polar surface area (TPSA) is 67.0 Å². The average Bonchev–Trinajstić information content (AvgIpc) is 2.61. The summed E-state index contributed by atoms with van der Waals surface area (Å²) in [5.74, 6) is 2.47. The van der Waals surface area contributed by atoms with Crippen molar-refractivity contribution in [2.45, 2.75) is 26.3 Å². The number of morpholine rings is 1. The van der Waals surface area contributed by atoms with Gasteiger partial charge in [-0.1, -0.05) is 13.0 Å². The fourth-order valence-corrected chi connectivity index (χ4v) is 3.12. The molecule has 126 valence electrons. The molecule has 2 saturated heterocycles. The molecule has 2 N–H and O–H groups in total. The maximum atomic E-state index is 6.19. The first kappa shape index (κ1) is 16.1. The minimum Gasteiger partial charge on any atom is -0.378 e. The summed E-state index contributed by atoms with van der Waals surface area (Å²) < 4.78 is 5.42. The number of nitrogens with zero attached hydrogens (tertiary/aromatic N) is 4. The summed E-state index contributed by atoms with van der Waals surface area (Å²) in [6, 6.07) is 4.06. The smallest absolute Gasteiger partial charge is 0.191 e. The Balaban J connectivity index is 1.66. The first-order valence-corrected chi connectivity index (χ1v) is 8.55. The minimum atomic E-state index is 0.582. The van der Waals surface area contributed by atoms with E-state index in [0.29, 0.717) is 12.5 Å². The molecule has 2 aliphatic rings. The molecule has 2 aliphatic heterocycles. The number of guanidine groups is 1. The van der Waals surface area contributed by atoms with Crippen LogP contribution in [0.25, 0.3) is 0 Å². The molecule has 0 radical (unpaired) electrons. The van der Waals surface area contributed by atoms with E-state index >= 15 is 0 Å². The van der Waals surface area contributed by atoms with E-state index in [1.54, 1.807) is 0 Å². The second-order valence-corrected chi connectivity index (χ2v) is 6.43. The van der Waals surface area contributed by atoms with Crippen molar-refractivity contribution in [3.8, 4) is 0 Å². The fraction of sp³-hybridized carbons (Fsp3) is 0.647. The van der Waals surface area contributed by atoms with E-state index in [1.807, 2.05) is 12.3 Å². The quantitative estimate of drug-likeness (QED) is 0.675. The number of likely N-dealkylation sites (tertiary alicyclic amines) is 1. The summed E-state index contributed by atoms with van der Waals surface area (Å²) in [5.41, 5.74) is 7.32. The van der Waals surface area contributed by atoms with Crippen LogP contribution in [0.2, 0.25) is 0 Å². The number of aromatic nitrogens is 1. The van der Waals surface area contributed by atoms with E-state index in [4.69, 9.17) is 10.5 Å². The van der Waals surface area contributed by atoms with Crippen molar-refractivity contribution in [1.29, 1.82) is 0 Å². The Hall–Kier alpha value is -1.82. The van der Waals surface area contributed by atoms with E-state index in [1.165, 1.54) is 12.8 Å². The van der Waals surface area contributed by atoms with Gasteiger partial charge in [0.05, 0.1) is 19.8 Å². The Morgan fingerprint density at radius 1 is 1.30 bits per heavy atom. The molecule has 6 nitrogen and oxygen atoms in total. The second kappa shape index (κ2) is 7.64. The van der Waals surface area contributed by atoms with Gasteiger partial charge < -0.3 is 20.3 Å². The fourth-order valence-electron chi connectivity index (χ4n) is 3.12. The van der Waals surface area contributed by atoms with Crippen molar-refractivity contribution in [2.24, 2.45) is 16.6 Å². The number of pyridine rings is 1. The van der Waals surface area contributed by atoms with Crippen LogP contribution in [0.4, 0.5) is 5.82 Å². The molecule has 1 aromatic heterocycles. The van der Waals surface area contributed by atoms with Crippen LogP contribution in [0.1, 0.15) is 25.3 Å². The number of piperidine rings is 1. The Kier molecular flexibility index (Phi) is 5.33. The molecule has 0 bridgehead atoms. The van der Waals surface area contributed by atoms with E-state index < -0.39 is 0 Å². The van der Waals surface area contributed by atoms with Gasteiger partial charge in [-0.05, 0) is 24.8 Å². The SMILES string of the molecule is CC1CCN(C(N)=NCc2cccnc2N2CCOCC2)CC1. The molecule has 0 amide bonds. The summed E-state index contributed by atoms with van der Waals surface area (Å²) in [6.45, 7) is 8.19. The van der Waals surface area contributed by atoms with Gasteiger partial charge in [-0.3, -0.25) is 0 Å². The number of rotatable bonds is 3. The third kappa shape index (κ3) is 4.13. The number of nitrogens with two attached hydrogens (primary N) is 1. The van der Waals surface area contributed by atoms with E-state index in [2.05, 4.69) is 32.8 Å². The van der Waals surface area contributed by atoms with Gasteiger partial charge in [0.15, 0.2) is 5.96 Å². The van der Waals surface area contributed by atoms with Gasteiger partial charge in [-0.2, -0.15) is 0 Å². The lowest BCUT2D eigenvalue weighted by molar-refractivity contribution is 0.122. The standard InChI is InChI=1S/C17H27N5O/c1-14-4-7-22(8-5-14)17(18)20-13-15-3-2-6-19-16(15)21-9-11-23-12-10-21/h2-3,6,14H,4-5,7-13H2,1H3,(H2,18,20). The van der Waals surface area contributed by atoms with Crippen LogP contribution in [-0.4, -0.2) is 55.2 Å². The van der Waals surface area contributed by atoms with Crippen LogP contribution in [0, 0.1) is 5.92 Å². The molecule has 0 unspecified atom stereocenters. The summed E-state index contributed by atoms with van der Waals surface area (Å²) in [6.07, 6.45) is 4.23. The lowest BCUT2D eigenvalue weighted by Gasteiger charge is -2.31. The number of hydrogen-bond donors (Lipinski definition) is 1. The molecular weight excluding hydrogens is 290 g/mol. The zero-order valence-corrected chi connectivity index (χ0v) is 13.9. The highest BCUT2D eigenvalue weighted by atomic mass is 16.5. The number of hydrogen-bond acceptors (Lipinski definition) is 4. The lowest BCUT2D eigenvalue weighted by atomic mass is 10.00. The van der Waals surface area contributed by atoms with Crippen LogP contribution >= 0.6 is 0 Å². The molecule has 0 spiro atoms. The summed E-state index contributed by atoms with van der Waals surface area (Å²) in [4.78, 5) is 13.6. The van der Waals surface area contributed by atoms with E-state index in [0.717, 1.165) is 56.7 Å². The third-order valence-corrected chi connectivity index (χ3v) is 4.70. The van der Waals surface area contributed by atoms with Crippen LogP contribution in [0.15, 0.2) is 23.3 Å². The molecule has 6 heteroatoms. The van der Waals surface area contributed by atoms with Crippen LogP contribution in [-0.2, 0) is 11.3 Å². The van der Waals surface area contributed by atoms with Crippen molar-refractivity contribution in [2.75, 3.05) is 44.3 Å². The molecule has 2 fully saturated rings. The maximum absolute atomic E-state index is 6.19. The van der Waals surface area contributed by atoms with Gasteiger partial charge in [-0.15, -0.1) is 0 Å². The van der Waals surface area contributed by atoms with Gasteiger partial charge >= 0.3 is 0 Å². The Morgan fingerprint density at radius 3 is 2.78 bits per heavy atom. The summed E-state index contributed by atoms with van der Waals surface area (Å²) >= 11 is 0. The second-order valence-electron chi connectivity index (χ2n) is 6.43. The molecule has 23 heavy (non-hydrogen) atoms. The van der Waals surface area contributed by atoms with Gasteiger partial charge in [0.1, 0.15) is 5.82 Å². The van der Waals surface area contributed by atoms with E-state index in [9.17, 15) is 0 Å². The highest BCUT2D eigenvalue weighted by molar-refractivity contribution is 5.78. The highest BCUT2D eigenvalue weighted by Crippen LogP contribution is 2.20. The number of aliphatic imine (C=N–C) groups is 1. The number of ether oxygens (including phenoxy) is 1. The largest absolute Gasteiger partial charge is 0.378 e. The molecule has 0 atom stereocenters. The van der Waals surface area contributed by atoms with Crippen LogP contribution in [0.3, 0.4) is 0 Å². The third-order valence-electron chi connectivity index (χ3n) is 4.70. The summed E-state index contributed by atoms with van der Waals surface area (Å²) in [7, 11) is 0. The normalized spacial score (nSPS) is 20.8. The minimum absolute atomic E-state index is 0.582. The highest BCUT2D eigenvalue weighted by Gasteiger charge is 2.18. The zero-order chi connectivity index (χ0) is 16.1. The lowest BCUT2D eigenvalue weighted by Crippen LogP contribution is -2.42. The molecule has 0 saturated carbocycles. The molecule has 1 aromatic rings. The van der Waals surface area contributed by atoms with Crippen LogP contribution in [0.5, 0.6) is 0 Å². The van der Waals surface area contributed by atoms with Gasteiger partial charge in [0, 0.05) is 37.9 Å². The van der Waals surface area contributed by atoms with Gasteiger partial charge in [0.2, 0.25) is 0 Å². The Labute approximate surface area is 138 Å². The Bertz CT molecular complexity index is 534. The van der Waals surface area contributed by atoms with Gasteiger partial charge in [-0.25, -0.2) is 9.98 Å². The monoisotopic (exact) mass is 317 g/mol. The Morgan fingerprint density at radius 2 is 2.04 bits per heavy atom. The predicted octanol–water partition coefficient (Wildman–Crippen LogP) is 1.46. The van der Waals surface area contributed by atoms with Crippen molar-refractivity contribution in [3.63, 3.8) is 0 Å². The van der Waals surface area contributed by atoms with Crippen LogP contribution < -0.4 is 10.6 Å². The predicted molar refractivity (Wildman–Crippen MR) is 92.6 cm³/mol. The van der Waals surface area contributed by atoms with E-state index in [-0.39, 0.29) is 0 Å². The average molecular weight is 317 g/mol. The molecule has 3 rings (SSSR count). The maximum Gasteiger partial charge on any atom is 0.191 e. The molecular formula is C17H27N5O. The first-order chi connectivity index (χ1) is 11.2. The van der Waals surface area contributed by atoms with Crippen molar-refractivity contribution in [1.82, 2.24) is 9.88 Å². The molecule has 0 aromatic carbocycles. The van der Waals surface area contributed by atoms with Crippen molar-refractivity contribution < 1.29 is 4.74 Å². The van der Waals surface area contributed by atoms with Crippen molar-refractivity contribution >= 4 is 11.8 Å². The molecule has 3 heterocycles. The van der Waals surface area contributed by atoms with Gasteiger partial charge in [0.25, 0.3) is 0 Å². The molecule has 0 aliphatic carbocycles. The first-order valence-electron chi connectivity index (χ1n) is 8.55. The number of anilines is 1.